The molecule has 0 radical (unpaired) electrons. The lowest BCUT2D eigenvalue weighted by molar-refractivity contribution is -0.387. The van der Waals surface area contributed by atoms with Gasteiger partial charge >= 0.3 is 0 Å². The van der Waals surface area contributed by atoms with Crippen molar-refractivity contribution in [1.82, 2.24) is 9.80 Å². The van der Waals surface area contributed by atoms with E-state index in [1.807, 2.05) is 0 Å². The number of amides is 2. The molecule has 0 aromatic heterocycles. The van der Waals surface area contributed by atoms with Crippen molar-refractivity contribution >= 4 is 35.3 Å². The predicted octanol–water partition coefficient (Wildman–Crippen LogP) is 3.59. The van der Waals surface area contributed by atoms with E-state index in [1.54, 1.807) is 40.1 Å². The highest BCUT2D eigenvalue weighted by molar-refractivity contribution is 7.99. The molecular formula is C21H20FN3O4S. The molecule has 1 saturated heterocycles. The van der Waals surface area contributed by atoms with E-state index in [1.165, 1.54) is 31.2 Å². The second-order valence-electron chi connectivity index (χ2n) is 6.68. The number of hydrogen-bond donors (Lipinski definition) is 0. The van der Waals surface area contributed by atoms with Gasteiger partial charge in [-0.25, -0.2) is 4.39 Å². The van der Waals surface area contributed by atoms with Crippen molar-refractivity contribution < 1.29 is 18.9 Å². The molecule has 0 spiro atoms. The quantitative estimate of drug-likeness (QED) is 0.412. The van der Waals surface area contributed by atoms with Crippen LogP contribution in [-0.2, 0) is 9.59 Å². The van der Waals surface area contributed by atoms with E-state index < -0.39 is 10.7 Å². The summed E-state index contributed by atoms with van der Waals surface area (Å²) >= 11 is 0.979. The molecule has 1 heterocycles. The first-order chi connectivity index (χ1) is 14.3. The van der Waals surface area contributed by atoms with Crippen LogP contribution in [0.5, 0.6) is 0 Å². The maximum absolute atomic E-state index is 13.9. The highest BCUT2D eigenvalue weighted by Gasteiger charge is 2.21. The molecule has 0 N–H and O–H groups in total. The first kappa shape index (κ1) is 21.5. The van der Waals surface area contributed by atoms with Gasteiger partial charge in [-0.2, -0.15) is 0 Å². The largest absolute Gasteiger partial charge is 0.339 e. The number of hydrogen-bond acceptors (Lipinski definition) is 5. The molecule has 7 nitrogen and oxygen atoms in total. The Kier molecular flexibility index (Phi) is 6.83. The number of nitro benzene ring substituents is 1. The zero-order valence-corrected chi connectivity index (χ0v) is 17.1. The minimum absolute atomic E-state index is 0.0155. The van der Waals surface area contributed by atoms with Gasteiger partial charge in [-0.1, -0.05) is 30.0 Å². The monoisotopic (exact) mass is 429 g/mol. The Morgan fingerprint density at radius 2 is 1.73 bits per heavy atom. The minimum atomic E-state index is -0.524. The van der Waals surface area contributed by atoms with Crippen molar-refractivity contribution in [3.8, 4) is 0 Å². The van der Waals surface area contributed by atoms with Gasteiger partial charge in [0, 0.05) is 50.1 Å². The fourth-order valence-corrected chi connectivity index (χ4v) is 3.95. The predicted molar refractivity (Wildman–Crippen MR) is 111 cm³/mol. The molecule has 2 aromatic rings. The summed E-state index contributed by atoms with van der Waals surface area (Å²) < 4.78 is 13.9. The van der Waals surface area contributed by atoms with E-state index in [0.717, 1.165) is 11.8 Å². The summed E-state index contributed by atoms with van der Waals surface area (Å²) in [7, 11) is 0. The lowest BCUT2D eigenvalue weighted by Gasteiger charge is -2.33. The Balaban J connectivity index is 1.71. The Morgan fingerprint density at radius 3 is 2.37 bits per heavy atom. The van der Waals surface area contributed by atoms with Crippen molar-refractivity contribution in [2.24, 2.45) is 0 Å². The summed E-state index contributed by atoms with van der Waals surface area (Å²) in [5.74, 6) is -0.680. The van der Waals surface area contributed by atoms with E-state index in [2.05, 4.69) is 0 Å². The van der Waals surface area contributed by atoms with Crippen molar-refractivity contribution in [1.29, 1.82) is 0 Å². The van der Waals surface area contributed by atoms with Gasteiger partial charge in [0.25, 0.3) is 5.69 Å². The zero-order valence-electron chi connectivity index (χ0n) is 16.3. The van der Waals surface area contributed by atoms with E-state index >= 15 is 0 Å². The van der Waals surface area contributed by atoms with Crippen LogP contribution in [0, 0.1) is 15.9 Å². The van der Waals surface area contributed by atoms with Gasteiger partial charge in [0.05, 0.1) is 9.82 Å². The van der Waals surface area contributed by atoms with E-state index in [4.69, 9.17) is 0 Å². The topological polar surface area (TPSA) is 83.8 Å². The lowest BCUT2D eigenvalue weighted by Crippen LogP contribution is -2.49. The third-order valence-electron chi connectivity index (χ3n) is 4.69. The van der Waals surface area contributed by atoms with Crippen LogP contribution in [0.25, 0.3) is 6.08 Å². The molecule has 0 unspecified atom stereocenters. The number of nitro groups is 1. The smallest absolute Gasteiger partial charge is 0.283 e. The van der Waals surface area contributed by atoms with Crippen LogP contribution in [0.4, 0.5) is 10.1 Å². The van der Waals surface area contributed by atoms with Gasteiger partial charge in [0.15, 0.2) is 0 Å². The fourth-order valence-electron chi connectivity index (χ4n) is 3.03. The summed E-state index contributed by atoms with van der Waals surface area (Å²) in [6.07, 6.45) is 2.89. The third-order valence-corrected chi connectivity index (χ3v) is 5.81. The molecule has 2 amide bonds. The average molecular weight is 429 g/mol. The second-order valence-corrected chi connectivity index (χ2v) is 7.77. The molecule has 0 atom stereocenters. The Bertz CT molecular complexity index is 1000. The zero-order chi connectivity index (χ0) is 21.7. The highest BCUT2D eigenvalue weighted by Crippen LogP contribution is 2.36. The minimum Gasteiger partial charge on any atom is -0.339 e. The summed E-state index contributed by atoms with van der Waals surface area (Å²) in [5, 5.41) is 11.5. The van der Waals surface area contributed by atoms with Crippen LogP contribution >= 0.6 is 11.8 Å². The highest BCUT2D eigenvalue weighted by atomic mass is 32.2. The number of carbonyl (C=O) groups excluding carboxylic acids is 2. The van der Waals surface area contributed by atoms with Crippen LogP contribution < -0.4 is 0 Å². The number of rotatable bonds is 5. The van der Waals surface area contributed by atoms with Crippen molar-refractivity contribution in [2.75, 3.05) is 26.2 Å². The van der Waals surface area contributed by atoms with Crippen LogP contribution in [0.3, 0.4) is 0 Å². The summed E-state index contributed by atoms with van der Waals surface area (Å²) in [4.78, 5) is 38.6. The van der Waals surface area contributed by atoms with E-state index in [9.17, 15) is 24.1 Å². The third kappa shape index (κ3) is 5.24. The number of halogens is 1. The summed E-state index contributed by atoms with van der Waals surface area (Å²) in [6.45, 7) is 3.37. The molecule has 1 aliphatic heterocycles. The summed E-state index contributed by atoms with van der Waals surface area (Å²) in [5.41, 5.74) is 0.336. The van der Waals surface area contributed by atoms with Crippen molar-refractivity contribution in [2.45, 2.75) is 16.7 Å². The standard InChI is InChI=1S/C21H20FN3O4S/c1-15(26)23-10-12-24(13-11-23)21(27)9-7-16-6-8-20(18(14-16)25(28)29)30-19-5-3-2-4-17(19)22/h2-9,14H,10-13H2,1H3. The molecule has 0 saturated carbocycles. The van der Waals surface area contributed by atoms with Gasteiger partial charge in [0.1, 0.15) is 5.82 Å². The molecular weight excluding hydrogens is 409 g/mol. The number of benzene rings is 2. The number of carbonyl (C=O) groups is 2. The normalized spacial score (nSPS) is 14.2. The van der Waals surface area contributed by atoms with Gasteiger partial charge in [0.2, 0.25) is 11.8 Å². The van der Waals surface area contributed by atoms with Crippen LogP contribution in [0.2, 0.25) is 0 Å². The Hall–Kier alpha value is -3.20. The molecule has 1 fully saturated rings. The van der Waals surface area contributed by atoms with Crippen LogP contribution in [0.1, 0.15) is 12.5 Å². The first-order valence-electron chi connectivity index (χ1n) is 9.28. The molecule has 30 heavy (non-hydrogen) atoms. The van der Waals surface area contributed by atoms with Gasteiger partial charge in [-0.15, -0.1) is 0 Å². The molecule has 9 heteroatoms. The van der Waals surface area contributed by atoms with Gasteiger partial charge < -0.3 is 9.80 Å². The van der Waals surface area contributed by atoms with Gasteiger partial charge in [-0.05, 0) is 29.8 Å². The summed E-state index contributed by atoms with van der Waals surface area (Å²) in [6, 6.07) is 10.6. The maximum atomic E-state index is 13.9. The maximum Gasteiger partial charge on any atom is 0.283 e. The molecule has 0 bridgehead atoms. The van der Waals surface area contributed by atoms with E-state index in [0.29, 0.717) is 41.5 Å². The second kappa shape index (κ2) is 9.53. The van der Waals surface area contributed by atoms with Crippen LogP contribution in [-0.4, -0.2) is 52.7 Å². The van der Waals surface area contributed by atoms with Gasteiger partial charge in [-0.3, -0.25) is 19.7 Å². The molecule has 156 valence electrons. The fraction of sp³-hybridized carbons (Fsp3) is 0.238. The number of nitrogens with zero attached hydrogens (tertiary/aromatic N) is 3. The molecule has 2 aromatic carbocycles. The first-order valence-corrected chi connectivity index (χ1v) is 10.1. The van der Waals surface area contributed by atoms with Crippen molar-refractivity contribution in [3.05, 3.63) is 70.0 Å². The Morgan fingerprint density at radius 1 is 1.07 bits per heavy atom. The Labute approximate surface area is 177 Å². The van der Waals surface area contributed by atoms with Crippen molar-refractivity contribution in [3.63, 3.8) is 0 Å². The molecule has 3 rings (SSSR count). The van der Waals surface area contributed by atoms with E-state index in [-0.39, 0.29) is 17.5 Å². The molecule has 0 aliphatic carbocycles. The molecule has 1 aliphatic rings. The lowest BCUT2D eigenvalue weighted by atomic mass is 10.2. The number of piperazine rings is 1. The SMILES string of the molecule is CC(=O)N1CCN(C(=O)C=Cc2ccc(Sc3ccccc3F)c([N+](=O)[O-])c2)CC1. The van der Waals surface area contributed by atoms with Crippen LogP contribution in [0.15, 0.2) is 58.3 Å². The average Bonchev–Trinajstić information content (AvgIpc) is 2.74.